The molecule has 0 unspecified atom stereocenters. The minimum atomic E-state index is -0.0475. The van der Waals surface area contributed by atoms with Gasteiger partial charge in [0.15, 0.2) is 0 Å². The van der Waals surface area contributed by atoms with Crippen molar-refractivity contribution in [3.63, 3.8) is 0 Å². The molecule has 4 heteroatoms. The summed E-state index contributed by atoms with van der Waals surface area (Å²) in [5.41, 5.74) is 0. The Hall–Kier alpha value is -1.06. The second-order valence-electron chi connectivity index (χ2n) is 3.42. The lowest BCUT2D eigenvalue weighted by Gasteiger charge is -2.28. The van der Waals surface area contributed by atoms with Crippen LogP contribution in [-0.2, 0) is 9.63 Å². The fraction of sp³-hybridized carbons (Fsp3) is 0.778. The molecule has 0 spiro atoms. The Labute approximate surface area is 78.5 Å². The van der Waals surface area contributed by atoms with Crippen molar-refractivity contribution in [1.82, 2.24) is 4.90 Å². The number of carbonyl (C=O) groups is 1. The van der Waals surface area contributed by atoms with Gasteiger partial charge in [-0.3, -0.25) is 4.79 Å². The van der Waals surface area contributed by atoms with Crippen LogP contribution in [0.1, 0.15) is 19.8 Å². The third-order valence-corrected chi connectivity index (χ3v) is 2.36. The number of oxime groups is 1. The van der Waals surface area contributed by atoms with Gasteiger partial charge in [-0.05, 0) is 18.8 Å². The lowest BCUT2D eigenvalue weighted by Crippen LogP contribution is -2.38. The van der Waals surface area contributed by atoms with Gasteiger partial charge in [-0.15, -0.1) is 0 Å². The third-order valence-electron chi connectivity index (χ3n) is 2.36. The zero-order chi connectivity index (χ0) is 9.68. The molecule has 0 N–H and O–H groups in total. The molecular formula is C9H16N2O2. The Morgan fingerprint density at radius 3 is 2.69 bits per heavy atom. The van der Waals surface area contributed by atoms with Gasteiger partial charge < -0.3 is 9.74 Å². The average Bonchev–Trinajstić information content (AvgIpc) is 2.15. The third kappa shape index (κ3) is 3.05. The van der Waals surface area contributed by atoms with E-state index in [9.17, 15) is 4.79 Å². The second kappa shape index (κ2) is 4.84. The monoisotopic (exact) mass is 184 g/mol. The van der Waals surface area contributed by atoms with E-state index in [2.05, 4.69) is 16.9 Å². The Bertz CT molecular complexity index is 196. The quantitative estimate of drug-likeness (QED) is 0.472. The first-order chi connectivity index (χ1) is 6.24. The highest BCUT2D eigenvalue weighted by Crippen LogP contribution is 2.15. The standard InChI is InChI=1S/C9H16N2O2/c1-8-3-5-11(6-4-8)9(12)7-10-13-2/h7-8H,3-6H2,1-2H3/b10-7+. The molecule has 0 aromatic carbocycles. The molecule has 0 aromatic heterocycles. The SMILES string of the molecule is CO/N=C/C(=O)N1CCC(C)CC1. The lowest BCUT2D eigenvalue weighted by atomic mass is 9.99. The zero-order valence-corrected chi connectivity index (χ0v) is 8.19. The fourth-order valence-corrected chi connectivity index (χ4v) is 1.41. The van der Waals surface area contributed by atoms with E-state index in [0.29, 0.717) is 0 Å². The van der Waals surface area contributed by atoms with Gasteiger partial charge in [0.2, 0.25) is 0 Å². The highest BCUT2D eigenvalue weighted by Gasteiger charge is 2.18. The molecule has 0 saturated carbocycles. The molecule has 1 rings (SSSR count). The minimum absolute atomic E-state index is 0.0475. The van der Waals surface area contributed by atoms with Gasteiger partial charge in [-0.25, -0.2) is 0 Å². The normalized spacial score (nSPS) is 19.4. The number of rotatable bonds is 2. The Kier molecular flexibility index (Phi) is 3.73. The van der Waals surface area contributed by atoms with Gasteiger partial charge in [0.1, 0.15) is 13.3 Å². The lowest BCUT2D eigenvalue weighted by molar-refractivity contribution is -0.125. The first-order valence-electron chi connectivity index (χ1n) is 4.59. The molecule has 1 fully saturated rings. The number of nitrogens with zero attached hydrogens (tertiary/aromatic N) is 2. The summed E-state index contributed by atoms with van der Waals surface area (Å²) >= 11 is 0. The number of hydrogen-bond donors (Lipinski definition) is 0. The predicted molar refractivity (Wildman–Crippen MR) is 50.5 cm³/mol. The summed E-state index contributed by atoms with van der Waals surface area (Å²) in [5, 5.41) is 3.45. The number of likely N-dealkylation sites (tertiary alicyclic amines) is 1. The topological polar surface area (TPSA) is 41.9 Å². The van der Waals surface area contributed by atoms with Crippen LogP contribution >= 0.6 is 0 Å². The van der Waals surface area contributed by atoms with Crippen molar-refractivity contribution in [2.24, 2.45) is 11.1 Å². The van der Waals surface area contributed by atoms with Crippen molar-refractivity contribution in [3.8, 4) is 0 Å². The van der Waals surface area contributed by atoms with E-state index in [1.165, 1.54) is 13.3 Å². The van der Waals surface area contributed by atoms with E-state index in [4.69, 9.17) is 0 Å². The van der Waals surface area contributed by atoms with Gasteiger partial charge in [0, 0.05) is 13.1 Å². The van der Waals surface area contributed by atoms with E-state index < -0.39 is 0 Å². The van der Waals surface area contributed by atoms with Crippen molar-refractivity contribution in [1.29, 1.82) is 0 Å². The Morgan fingerprint density at radius 1 is 1.54 bits per heavy atom. The fourth-order valence-electron chi connectivity index (χ4n) is 1.41. The molecule has 0 radical (unpaired) electrons. The predicted octanol–water partition coefficient (Wildman–Crippen LogP) is 0.877. The van der Waals surface area contributed by atoms with Crippen LogP contribution in [-0.4, -0.2) is 37.2 Å². The molecule has 0 aliphatic carbocycles. The summed E-state index contributed by atoms with van der Waals surface area (Å²) in [6, 6.07) is 0. The number of carbonyl (C=O) groups excluding carboxylic acids is 1. The highest BCUT2D eigenvalue weighted by molar-refractivity contribution is 6.25. The zero-order valence-electron chi connectivity index (χ0n) is 8.19. The van der Waals surface area contributed by atoms with Gasteiger partial charge in [0.25, 0.3) is 5.91 Å². The van der Waals surface area contributed by atoms with Crippen molar-refractivity contribution in [2.75, 3.05) is 20.2 Å². The van der Waals surface area contributed by atoms with Crippen LogP contribution in [0.3, 0.4) is 0 Å². The van der Waals surface area contributed by atoms with Crippen LogP contribution in [0.4, 0.5) is 0 Å². The largest absolute Gasteiger partial charge is 0.399 e. The summed E-state index contributed by atoms with van der Waals surface area (Å²) in [5.74, 6) is 0.692. The van der Waals surface area contributed by atoms with E-state index in [-0.39, 0.29) is 5.91 Å². The molecule has 1 heterocycles. The van der Waals surface area contributed by atoms with Crippen molar-refractivity contribution in [3.05, 3.63) is 0 Å². The van der Waals surface area contributed by atoms with Crippen LogP contribution < -0.4 is 0 Å². The maximum Gasteiger partial charge on any atom is 0.268 e. The number of piperidine rings is 1. The molecule has 1 aliphatic heterocycles. The van der Waals surface area contributed by atoms with Crippen LogP contribution in [0, 0.1) is 5.92 Å². The molecule has 1 aliphatic rings. The minimum Gasteiger partial charge on any atom is -0.399 e. The van der Waals surface area contributed by atoms with Crippen LogP contribution in [0.5, 0.6) is 0 Å². The van der Waals surface area contributed by atoms with Crippen LogP contribution in [0.25, 0.3) is 0 Å². The molecule has 0 atom stereocenters. The van der Waals surface area contributed by atoms with Gasteiger partial charge >= 0.3 is 0 Å². The molecule has 4 nitrogen and oxygen atoms in total. The molecule has 13 heavy (non-hydrogen) atoms. The molecule has 1 amide bonds. The maximum absolute atomic E-state index is 11.4. The summed E-state index contributed by atoms with van der Waals surface area (Å²) in [6.45, 7) is 3.90. The molecule has 74 valence electrons. The highest BCUT2D eigenvalue weighted by atomic mass is 16.6. The second-order valence-corrected chi connectivity index (χ2v) is 3.42. The summed E-state index contributed by atoms with van der Waals surface area (Å²) < 4.78 is 0. The average molecular weight is 184 g/mol. The van der Waals surface area contributed by atoms with E-state index >= 15 is 0 Å². The Balaban J connectivity index is 2.36. The van der Waals surface area contributed by atoms with Gasteiger partial charge in [-0.2, -0.15) is 0 Å². The van der Waals surface area contributed by atoms with Gasteiger partial charge in [0.05, 0.1) is 0 Å². The summed E-state index contributed by atoms with van der Waals surface area (Å²) in [4.78, 5) is 17.6. The molecule has 0 bridgehead atoms. The van der Waals surface area contributed by atoms with E-state index in [1.54, 1.807) is 0 Å². The smallest absolute Gasteiger partial charge is 0.268 e. The van der Waals surface area contributed by atoms with Crippen LogP contribution in [0.2, 0.25) is 0 Å². The molecule has 1 saturated heterocycles. The molecule has 0 aromatic rings. The first-order valence-corrected chi connectivity index (χ1v) is 4.59. The van der Waals surface area contributed by atoms with Gasteiger partial charge in [-0.1, -0.05) is 12.1 Å². The maximum atomic E-state index is 11.4. The first kappa shape index (κ1) is 10.0. The van der Waals surface area contributed by atoms with Crippen molar-refractivity contribution < 1.29 is 9.63 Å². The van der Waals surface area contributed by atoms with Crippen molar-refractivity contribution in [2.45, 2.75) is 19.8 Å². The van der Waals surface area contributed by atoms with Crippen molar-refractivity contribution >= 4 is 12.1 Å². The molecular weight excluding hydrogens is 168 g/mol. The number of hydrogen-bond acceptors (Lipinski definition) is 3. The van der Waals surface area contributed by atoms with E-state index in [1.807, 2.05) is 4.90 Å². The van der Waals surface area contributed by atoms with E-state index in [0.717, 1.165) is 31.8 Å². The summed E-state index contributed by atoms with van der Waals surface area (Å²) in [6.07, 6.45) is 3.41. The Morgan fingerprint density at radius 2 is 2.15 bits per heavy atom. The van der Waals surface area contributed by atoms with Crippen LogP contribution in [0.15, 0.2) is 5.16 Å². The summed E-state index contributed by atoms with van der Waals surface area (Å²) in [7, 11) is 1.43. The number of amides is 1.